The first-order chi connectivity index (χ1) is 9.76. The zero-order chi connectivity index (χ0) is 14.4. The highest BCUT2D eigenvalue weighted by atomic mass is 16.5. The van der Waals surface area contributed by atoms with Gasteiger partial charge in [0.1, 0.15) is 0 Å². The molecule has 112 valence electrons. The van der Waals surface area contributed by atoms with E-state index < -0.39 is 0 Å². The summed E-state index contributed by atoms with van der Waals surface area (Å²) in [6, 6.07) is 4.32. The lowest BCUT2D eigenvalue weighted by molar-refractivity contribution is -0.0449. The van der Waals surface area contributed by atoms with Crippen LogP contribution in [0.25, 0.3) is 0 Å². The molecule has 3 N–H and O–H groups in total. The van der Waals surface area contributed by atoms with Gasteiger partial charge in [-0.15, -0.1) is 0 Å². The van der Waals surface area contributed by atoms with Gasteiger partial charge in [-0.2, -0.15) is 0 Å². The van der Waals surface area contributed by atoms with Gasteiger partial charge in [0, 0.05) is 31.4 Å². The van der Waals surface area contributed by atoms with Gasteiger partial charge in [0.15, 0.2) is 0 Å². The van der Waals surface area contributed by atoms with Crippen LogP contribution in [0.15, 0.2) is 18.3 Å². The lowest BCUT2D eigenvalue weighted by atomic mass is 10.0. The SMILES string of the molecule is CCc1ccc(CC(NN)C2CN(CC)CCO2)nc1. The van der Waals surface area contributed by atoms with Crippen LogP contribution < -0.4 is 11.3 Å². The topological polar surface area (TPSA) is 63.4 Å². The second kappa shape index (κ2) is 7.69. The zero-order valence-corrected chi connectivity index (χ0v) is 12.5. The largest absolute Gasteiger partial charge is 0.374 e. The van der Waals surface area contributed by atoms with Gasteiger partial charge in [0.25, 0.3) is 0 Å². The molecule has 1 fully saturated rings. The number of ether oxygens (including phenoxy) is 1. The van der Waals surface area contributed by atoms with E-state index in [0.29, 0.717) is 0 Å². The summed E-state index contributed by atoms with van der Waals surface area (Å²) in [7, 11) is 0. The van der Waals surface area contributed by atoms with E-state index in [-0.39, 0.29) is 12.1 Å². The summed E-state index contributed by atoms with van der Waals surface area (Å²) in [5.41, 5.74) is 5.22. The summed E-state index contributed by atoms with van der Waals surface area (Å²) in [6.07, 6.45) is 3.88. The fraction of sp³-hybridized carbons (Fsp3) is 0.667. The van der Waals surface area contributed by atoms with Crippen molar-refractivity contribution in [2.45, 2.75) is 38.8 Å². The van der Waals surface area contributed by atoms with E-state index in [9.17, 15) is 0 Å². The van der Waals surface area contributed by atoms with Crippen LogP contribution in [0.4, 0.5) is 0 Å². The van der Waals surface area contributed by atoms with Gasteiger partial charge in [0.2, 0.25) is 0 Å². The Morgan fingerprint density at radius 1 is 1.50 bits per heavy atom. The van der Waals surface area contributed by atoms with Crippen LogP contribution in [0.2, 0.25) is 0 Å². The smallest absolute Gasteiger partial charge is 0.0872 e. The molecule has 5 nitrogen and oxygen atoms in total. The predicted octanol–water partition coefficient (Wildman–Crippen LogP) is 0.739. The van der Waals surface area contributed by atoms with Gasteiger partial charge >= 0.3 is 0 Å². The van der Waals surface area contributed by atoms with Crippen molar-refractivity contribution in [1.29, 1.82) is 0 Å². The summed E-state index contributed by atoms with van der Waals surface area (Å²) < 4.78 is 5.87. The number of hydrazine groups is 1. The normalized spacial score (nSPS) is 21.9. The van der Waals surface area contributed by atoms with E-state index in [1.807, 2.05) is 6.20 Å². The van der Waals surface area contributed by atoms with E-state index in [1.165, 1.54) is 5.56 Å². The Labute approximate surface area is 121 Å². The molecule has 0 aliphatic carbocycles. The van der Waals surface area contributed by atoms with Gasteiger partial charge in [0.05, 0.1) is 18.8 Å². The minimum Gasteiger partial charge on any atom is -0.374 e. The van der Waals surface area contributed by atoms with Crippen LogP contribution in [0.5, 0.6) is 0 Å². The summed E-state index contributed by atoms with van der Waals surface area (Å²) in [5.74, 6) is 5.72. The maximum Gasteiger partial charge on any atom is 0.0872 e. The first kappa shape index (κ1) is 15.4. The number of pyridine rings is 1. The molecular weight excluding hydrogens is 252 g/mol. The first-order valence-corrected chi connectivity index (χ1v) is 7.50. The number of nitrogens with one attached hydrogen (secondary N) is 1. The summed E-state index contributed by atoms with van der Waals surface area (Å²) in [5, 5.41) is 0. The molecular formula is C15H26N4O. The highest BCUT2D eigenvalue weighted by molar-refractivity contribution is 5.15. The number of nitrogens with two attached hydrogens (primary N) is 1. The molecule has 2 rings (SSSR count). The first-order valence-electron chi connectivity index (χ1n) is 7.50. The maximum atomic E-state index is 5.87. The van der Waals surface area contributed by atoms with Crippen molar-refractivity contribution in [3.05, 3.63) is 29.6 Å². The molecule has 5 heteroatoms. The number of nitrogens with zero attached hydrogens (tertiary/aromatic N) is 2. The standard InChI is InChI=1S/C15H26N4O/c1-3-12-5-6-13(17-10-12)9-14(18-16)15-11-19(4-2)7-8-20-15/h5-6,10,14-15,18H,3-4,7-9,11,16H2,1-2H3. The number of aromatic nitrogens is 1. The van der Waals surface area contributed by atoms with Crippen molar-refractivity contribution in [3.8, 4) is 0 Å². The number of aryl methyl sites for hydroxylation is 1. The Balaban J connectivity index is 1.96. The number of likely N-dealkylation sites (N-methyl/N-ethyl adjacent to an activating group) is 1. The molecule has 2 heterocycles. The monoisotopic (exact) mass is 278 g/mol. The third-order valence-corrected chi connectivity index (χ3v) is 4.01. The number of rotatable bonds is 6. The van der Waals surface area contributed by atoms with Gasteiger partial charge in [-0.3, -0.25) is 21.2 Å². The van der Waals surface area contributed by atoms with Crippen molar-refractivity contribution in [1.82, 2.24) is 15.3 Å². The Hall–Kier alpha value is -1.01. The number of hydrogen-bond donors (Lipinski definition) is 2. The molecule has 0 saturated carbocycles. The van der Waals surface area contributed by atoms with Gasteiger partial charge < -0.3 is 4.74 Å². The molecule has 1 saturated heterocycles. The molecule has 0 aromatic carbocycles. The molecule has 20 heavy (non-hydrogen) atoms. The maximum absolute atomic E-state index is 5.87. The molecule has 0 amide bonds. The highest BCUT2D eigenvalue weighted by Crippen LogP contribution is 2.12. The van der Waals surface area contributed by atoms with Crippen molar-refractivity contribution in [2.75, 3.05) is 26.2 Å². The molecule has 1 aliphatic rings. The fourth-order valence-electron chi connectivity index (χ4n) is 2.57. The summed E-state index contributed by atoms with van der Waals surface area (Å²) in [4.78, 5) is 6.90. The third kappa shape index (κ3) is 3.99. The number of hydrogen-bond acceptors (Lipinski definition) is 5. The minimum atomic E-state index is 0.101. The second-order valence-electron chi connectivity index (χ2n) is 5.29. The van der Waals surface area contributed by atoms with Gasteiger partial charge in [-0.25, -0.2) is 0 Å². The Kier molecular flexibility index (Phi) is 5.91. The van der Waals surface area contributed by atoms with Crippen molar-refractivity contribution >= 4 is 0 Å². The zero-order valence-electron chi connectivity index (χ0n) is 12.5. The Morgan fingerprint density at radius 2 is 2.35 bits per heavy atom. The van der Waals surface area contributed by atoms with E-state index in [1.54, 1.807) is 0 Å². The molecule has 1 aromatic heterocycles. The Morgan fingerprint density at radius 3 is 2.95 bits per heavy atom. The molecule has 2 atom stereocenters. The van der Waals surface area contributed by atoms with E-state index >= 15 is 0 Å². The summed E-state index contributed by atoms with van der Waals surface area (Å²) >= 11 is 0. The van der Waals surface area contributed by atoms with E-state index in [2.05, 4.69) is 41.3 Å². The van der Waals surface area contributed by atoms with Crippen molar-refractivity contribution < 1.29 is 4.74 Å². The van der Waals surface area contributed by atoms with E-state index in [4.69, 9.17) is 10.6 Å². The molecule has 0 radical (unpaired) electrons. The second-order valence-corrected chi connectivity index (χ2v) is 5.29. The average Bonchev–Trinajstić information content (AvgIpc) is 2.53. The quantitative estimate of drug-likeness (QED) is 0.593. The van der Waals surface area contributed by atoms with Crippen LogP contribution in [0, 0.1) is 0 Å². The fourth-order valence-corrected chi connectivity index (χ4v) is 2.57. The molecule has 0 spiro atoms. The molecule has 0 bridgehead atoms. The van der Waals surface area contributed by atoms with Crippen LogP contribution in [0.3, 0.4) is 0 Å². The van der Waals surface area contributed by atoms with Crippen molar-refractivity contribution in [2.24, 2.45) is 5.84 Å². The summed E-state index contributed by atoms with van der Waals surface area (Å²) in [6.45, 7) is 8.08. The van der Waals surface area contributed by atoms with Crippen molar-refractivity contribution in [3.63, 3.8) is 0 Å². The molecule has 1 aliphatic heterocycles. The Bertz CT molecular complexity index is 395. The van der Waals surface area contributed by atoms with Crippen LogP contribution in [-0.2, 0) is 17.6 Å². The van der Waals surface area contributed by atoms with Crippen LogP contribution in [0.1, 0.15) is 25.1 Å². The minimum absolute atomic E-state index is 0.101. The lowest BCUT2D eigenvalue weighted by Crippen LogP contribution is -2.54. The van der Waals surface area contributed by atoms with Gasteiger partial charge in [-0.1, -0.05) is 19.9 Å². The lowest BCUT2D eigenvalue weighted by Gasteiger charge is -2.36. The van der Waals surface area contributed by atoms with Gasteiger partial charge in [-0.05, 0) is 24.6 Å². The molecule has 2 unspecified atom stereocenters. The van der Waals surface area contributed by atoms with Crippen LogP contribution in [-0.4, -0.2) is 48.3 Å². The highest BCUT2D eigenvalue weighted by Gasteiger charge is 2.27. The van der Waals surface area contributed by atoms with E-state index in [0.717, 1.165) is 44.8 Å². The predicted molar refractivity (Wildman–Crippen MR) is 80.3 cm³/mol. The third-order valence-electron chi connectivity index (χ3n) is 4.01. The molecule has 1 aromatic rings. The number of morpholine rings is 1. The van der Waals surface area contributed by atoms with Crippen LogP contribution >= 0.6 is 0 Å². The average molecular weight is 278 g/mol.